The van der Waals surface area contributed by atoms with Crippen LogP contribution in [-0.2, 0) is 9.47 Å². The Balaban J connectivity index is 2.73. The van der Waals surface area contributed by atoms with Crippen molar-refractivity contribution in [1.29, 1.82) is 5.41 Å². The summed E-state index contributed by atoms with van der Waals surface area (Å²) in [4.78, 5) is 6.23. The molecule has 0 aliphatic carbocycles. The van der Waals surface area contributed by atoms with Crippen LogP contribution < -0.4 is 10.6 Å². The summed E-state index contributed by atoms with van der Waals surface area (Å²) in [5, 5.41) is 7.46. The van der Waals surface area contributed by atoms with Crippen LogP contribution in [0.3, 0.4) is 0 Å². The van der Waals surface area contributed by atoms with Crippen molar-refractivity contribution < 1.29 is 9.47 Å². The summed E-state index contributed by atoms with van der Waals surface area (Å²) in [6, 6.07) is 3.73. The Labute approximate surface area is 120 Å². The lowest BCUT2D eigenvalue weighted by molar-refractivity contribution is 0.141. The molecule has 112 valence electrons. The fourth-order valence-electron chi connectivity index (χ4n) is 1.77. The number of anilines is 1. The van der Waals surface area contributed by atoms with Crippen molar-refractivity contribution >= 4 is 11.5 Å². The number of nitrogen functional groups attached to an aromatic ring is 1. The molecule has 6 nitrogen and oxygen atoms in total. The van der Waals surface area contributed by atoms with Gasteiger partial charge in [-0.15, -0.1) is 0 Å². The lowest BCUT2D eigenvalue weighted by Gasteiger charge is -2.24. The first-order valence-electron chi connectivity index (χ1n) is 6.89. The molecule has 0 aliphatic heterocycles. The van der Waals surface area contributed by atoms with E-state index in [-0.39, 0.29) is 5.84 Å². The van der Waals surface area contributed by atoms with Gasteiger partial charge in [-0.1, -0.05) is 0 Å². The Hall–Kier alpha value is -1.66. The molecule has 20 heavy (non-hydrogen) atoms. The van der Waals surface area contributed by atoms with E-state index in [1.807, 2.05) is 26.0 Å². The van der Waals surface area contributed by atoms with Crippen molar-refractivity contribution in [2.24, 2.45) is 5.73 Å². The van der Waals surface area contributed by atoms with Gasteiger partial charge in [0.05, 0.1) is 13.2 Å². The second-order valence-corrected chi connectivity index (χ2v) is 4.19. The van der Waals surface area contributed by atoms with E-state index in [9.17, 15) is 0 Å². The number of amidine groups is 1. The van der Waals surface area contributed by atoms with Crippen LogP contribution in [0.4, 0.5) is 5.69 Å². The van der Waals surface area contributed by atoms with Crippen molar-refractivity contribution in [3.05, 3.63) is 24.0 Å². The molecule has 0 saturated heterocycles. The zero-order valence-electron chi connectivity index (χ0n) is 12.3. The molecular weight excluding hydrogens is 256 g/mol. The normalized spacial score (nSPS) is 10.5. The standard InChI is InChI=1S/C14H24N4O2/c1-3-19-9-7-18(8-10-20-4-2)12-5-6-17-13(11-12)14(15)16/h5-6,11H,3-4,7-10H2,1-2H3,(H3,15,16). The quantitative estimate of drug-likeness (QED) is 0.383. The molecule has 0 aromatic carbocycles. The predicted molar refractivity (Wildman–Crippen MR) is 80.5 cm³/mol. The monoisotopic (exact) mass is 280 g/mol. The summed E-state index contributed by atoms with van der Waals surface area (Å²) in [5.41, 5.74) is 6.94. The van der Waals surface area contributed by atoms with E-state index < -0.39 is 0 Å². The Morgan fingerprint density at radius 1 is 1.25 bits per heavy atom. The van der Waals surface area contributed by atoms with Gasteiger partial charge in [-0.2, -0.15) is 0 Å². The lowest BCUT2D eigenvalue weighted by Crippen LogP contribution is -2.31. The SMILES string of the molecule is CCOCCN(CCOCC)c1ccnc(C(=N)N)c1. The maximum atomic E-state index is 7.46. The van der Waals surface area contributed by atoms with Gasteiger partial charge in [0.25, 0.3) is 0 Å². The number of nitrogens with one attached hydrogen (secondary N) is 1. The van der Waals surface area contributed by atoms with Crippen molar-refractivity contribution in [3.63, 3.8) is 0 Å². The number of pyridine rings is 1. The minimum atomic E-state index is -0.0265. The Morgan fingerprint density at radius 2 is 1.85 bits per heavy atom. The fraction of sp³-hybridized carbons (Fsp3) is 0.571. The molecule has 0 fully saturated rings. The second kappa shape index (κ2) is 9.28. The Kier molecular flexibility index (Phi) is 7.60. The number of ether oxygens (including phenoxy) is 2. The first kappa shape index (κ1) is 16.4. The van der Waals surface area contributed by atoms with Crippen LogP contribution >= 0.6 is 0 Å². The maximum absolute atomic E-state index is 7.46. The van der Waals surface area contributed by atoms with Gasteiger partial charge in [0.2, 0.25) is 0 Å². The van der Waals surface area contributed by atoms with E-state index in [0.29, 0.717) is 32.1 Å². The van der Waals surface area contributed by atoms with Gasteiger partial charge in [0, 0.05) is 38.2 Å². The zero-order chi connectivity index (χ0) is 14.8. The molecule has 1 rings (SSSR count). The van der Waals surface area contributed by atoms with Gasteiger partial charge < -0.3 is 20.1 Å². The van der Waals surface area contributed by atoms with E-state index in [2.05, 4.69) is 9.88 Å². The molecule has 6 heteroatoms. The second-order valence-electron chi connectivity index (χ2n) is 4.19. The summed E-state index contributed by atoms with van der Waals surface area (Å²) in [5.74, 6) is -0.0265. The molecule has 0 spiro atoms. The van der Waals surface area contributed by atoms with E-state index in [1.54, 1.807) is 6.20 Å². The number of rotatable bonds is 10. The predicted octanol–water partition coefficient (Wildman–Crippen LogP) is 1.25. The Morgan fingerprint density at radius 3 is 2.35 bits per heavy atom. The third kappa shape index (κ3) is 5.54. The summed E-state index contributed by atoms with van der Waals surface area (Å²) >= 11 is 0. The van der Waals surface area contributed by atoms with Crippen molar-refractivity contribution in [3.8, 4) is 0 Å². The molecule has 1 heterocycles. The largest absolute Gasteiger partial charge is 0.382 e. The van der Waals surface area contributed by atoms with Crippen molar-refractivity contribution in [2.75, 3.05) is 44.4 Å². The van der Waals surface area contributed by atoms with Crippen LogP contribution in [-0.4, -0.2) is 50.3 Å². The van der Waals surface area contributed by atoms with E-state index in [1.165, 1.54) is 0 Å². The van der Waals surface area contributed by atoms with Gasteiger partial charge in [0.1, 0.15) is 11.5 Å². The minimum absolute atomic E-state index is 0.0265. The van der Waals surface area contributed by atoms with Crippen molar-refractivity contribution in [1.82, 2.24) is 4.98 Å². The van der Waals surface area contributed by atoms with Crippen LogP contribution in [0.15, 0.2) is 18.3 Å². The highest BCUT2D eigenvalue weighted by atomic mass is 16.5. The van der Waals surface area contributed by atoms with Gasteiger partial charge >= 0.3 is 0 Å². The molecule has 3 N–H and O–H groups in total. The average molecular weight is 280 g/mol. The smallest absolute Gasteiger partial charge is 0.141 e. The third-order valence-electron chi connectivity index (χ3n) is 2.80. The molecule has 0 saturated carbocycles. The zero-order valence-corrected chi connectivity index (χ0v) is 12.3. The molecule has 1 aromatic heterocycles. The highest BCUT2D eigenvalue weighted by Gasteiger charge is 2.08. The topological polar surface area (TPSA) is 84.5 Å². The third-order valence-corrected chi connectivity index (χ3v) is 2.80. The van der Waals surface area contributed by atoms with Crippen LogP contribution in [0.2, 0.25) is 0 Å². The minimum Gasteiger partial charge on any atom is -0.382 e. The van der Waals surface area contributed by atoms with Gasteiger partial charge in [-0.25, -0.2) is 0 Å². The van der Waals surface area contributed by atoms with Crippen LogP contribution in [0.25, 0.3) is 0 Å². The van der Waals surface area contributed by atoms with Crippen LogP contribution in [0.5, 0.6) is 0 Å². The molecule has 0 bridgehead atoms. The summed E-state index contributed by atoms with van der Waals surface area (Å²) in [6.07, 6.45) is 1.67. The van der Waals surface area contributed by atoms with Gasteiger partial charge in [-0.3, -0.25) is 10.4 Å². The van der Waals surface area contributed by atoms with Gasteiger partial charge in [0.15, 0.2) is 0 Å². The molecule has 0 atom stereocenters. The number of nitrogens with zero attached hydrogens (tertiary/aromatic N) is 2. The summed E-state index contributed by atoms with van der Waals surface area (Å²) in [6.45, 7) is 8.20. The maximum Gasteiger partial charge on any atom is 0.141 e. The Bertz CT molecular complexity index is 402. The first-order chi connectivity index (χ1) is 9.69. The number of aromatic nitrogens is 1. The van der Waals surface area contributed by atoms with E-state index in [0.717, 1.165) is 18.8 Å². The number of nitrogens with two attached hydrogens (primary N) is 1. The summed E-state index contributed by atoms with van der Waals surface area (Å²) in [7, 11) is 0. The lowest BCUT2D eigenvalue weighted by atomic mass is 10.2. The molecule has 1 aromatic rings. The molecule has 0 unspecified atom stereocenters. The average Bonchev–Trinajstić information content (AvgIpc) is 2.46. The highest BCUT2D eigenvalue weighted by molar-refractivity contribution is 5.93. The highest BCUT2D eigenvalue weighted by Crippen LogP contribution is 2.14. The molecule has 0 radical (unpaired) electrons. The molecule has 0 aliphatic rings. The number of hydrogen-bond acceptors (Lipinski definition) is 5. The van der Waals surface area contributed by atoms with E-state index in [4.69, 9.17) is 20.6 Å². The molecule has 0 amide bonds. The van der Waals surface area contributed by atoms with E-state index >= 15 is 0 Å². The first-order valence-corrected chi connectivity index (χ1v) is 6.89. The fourth-order valence-corrected chi connectivity index (χ4v) is 1.77. The number of hydrogen-bond donors (Lipinski definition) is 2. The van der Waals surface area contributed by atoms with Gasteiger partial charge in [-0.05, 0) is 26.0 Å². The van der Waals surface area contributed by atoms with Crippen LogP contribution in [0, 0.1) is 5.41 Å². The van der Waals surface area contributed by atoms with Crippen LogP contribution in [0.1, 0.15) is 19.5 Å². The summed E-state index contributed by atoms with van der Waals surface area (Å²) < 4.78 is 10.8. The molecular formula is C14H24N4O2. The van der Waals surface area contributed by atoms with Crippen molar-refractivity contribution in [2.45, 2.75) is 13.8 Å².